The van der Waals surface area contributed by atoms with Crippen molar-refractivity contribution in [3.8, 4) is 5.75 Å². The van der Waals surface area contributed by atoms with Gasteiger partial charge in [-0.3, -0.25) is 4.79 Å². The SMILES string of the molecule is Cc1cc(C)c(NC(=O)COc2ccc(S(=O)(=O)N3CCCCCC3)cc2)c(C)c1. The molecule has 7 heteroatoms. The van der Waals surface area contributed by atoms with Crippen molar-refractivity contribution in [2.24, 2.45) is 0 Å². The van der Waals surface area contributed by atoms with Crippen LogP contribution in [0.25, 0.3) is 0 Å². The van der Waals surface area contributed by atoms with Gasteiger partial charge in [0.2, 0.25) is 10.0 Å². The molecule has 0 aromatic heterocycles. The number of sulfonamides is 1. The molecule has 0 spiro atoms. The quantitative estimate of drug-likeness (QED) is 0.745. The number of benzene rings is 2. The van der Waals surface area contributed by atoms with Crippen molar-refractivity contribution in [1.82, 2.24) is 4.31 Å². The summed E-state index contributed by atoms with van der Waals surface area (Å²) in [5.74, 6) is 0.198. The first-order chi connectivity index (χ1) is 14.3. The Hall–Kier alpha value is -2.38. The maximum absolute atomic E-state index is 12.8. The van der Waals surface area contributed by atoms with E-state index in [0.29, 0.717) is 18.8 Å². The van der Waals surface area contributed by atoms with Gasteiger partial charge in [-0.25, -0.2) is 8.42 Å². The lowest BCUT2D eigenvalue weighted by Crippen LogP contribution is -2.31. The van der Waals surface area contributed by atoms with Crippen LogP contribution >= 0.6 is 0 Å². The van der Waals surface area contributed by atoms with Crippen molar-refractivity contribution < 1.29 is 17.9 Å². The summed E-state index contributed by atoms with van der Waals surface area (Å²) in [5.41, 5.74) is 3.95. The maximum Gasteiger partial charge on any atom is 0.262 e. The molecular weight excluding hydrogens is 400 g/mol. The Morgan fingerprint density at radius 2 is 1.53 bits per heavy atom. The summed E-state index contributed by atoms with van der Waals surface area (Å²) in [6.07, 6.45) is 3.94. The van der Waals surface area contributed by atoms with Crippen molar-refractivity contribution in [2.75, 3.05) is 25.0 Å². The Labute approximate surface area is 179 Å². The van der Waals surface area contributed by atoms with E-state index in [9.17, 15) is 13.2 Å². The molecular formula is C23H30N2O4S. The Morgan fingerprint density at radius 1 is 0.967 bits per heavy atom. The van der Waals surface area contributed by atoms with Gasteiger partial charge in [-0.15, -0.1) is 0 Å². The van der Waals surface area contributed by atoms with Gasteiger partial charge < -0.3 is 10.1 Å². The number of ether oxygens (including phenoxy) is 1. The summed E-state index contributed by atoms with van der Waals surface area (Å²) in [5, 5.41) is 2.89. The standard InChI is InChI=1S/C23H30N2O4S/c1-17-14-18(2)23(19(3)15-17)24-22(26)16-29-20-8-10-21(11-9-20)30(27,28)25-12-6-4-5-7-13-25/h8-11,14-15H,4-7,12-13,16H2,1-3H3,(H,24,26). The minimum atomic E-state index is -3.49. The van der Waals surface area contributed by atoms with Gasteiger partial charge in [0, 0.05) is 18.8 Å². The fourth-order valence-electron chi connectivity index (χ4n) is 3.84. The number of anilines is 1. The van der Waals surface area contributed by atoms with Crippen LogP contribution in [-0.2, 0) is 14.8 Å². The second-order valence-electron chi connectivity index (χ2n) is 7.90. The van der Waals surface area contributed by atoms with Crippen molar-refractivity contribution in [2.45, 2.75) is 51.3 Å². The topological polar surface area (TPSA) is 75.7 Å². The Bertz CT molecular complexity index is 969. The monoisotopic (exact) mass is 430 g/mol. The molecule has 1 heterocycles. The largest absolute Gasteiger partial charge is 0.484 e. The van der Waals surface area contributed by atoms with Gasteiger partial charge >= 0.3 is 0 Å². The first kappa shape index (κ1) is 22.3. The number of amides is 1. The van der Waals surface area contributed by atoms with E-state index in [0.717, 1.165) is 48.1 Å². The van der Waals surface area contributed by atoms with Crippen LogP contribution in [-0.4, -0.2) is 38.3 Å². The number of aryl methyl sites for hydroxylation is 3. The number of nitrogens with zero attached hydrogens (tertiary/aromatic N) is 1. The van der Waals surface area contributed by atoms with E-state index < -0.39 is 10.0 Å². The lowest BCUT2D eigenvalue weighted by molar-refractivity contribution is -0.118. The second kappa shape index (κ2) is 9.62. The fourth-order valence-corrected chi connectivity index (χ4v) is 5.36. The predicted molar refractivity (Wildman–Crippen MR) is 118 cm³/mol. The highest BCUT2D eigenvalue weighted by Crippen LogP contribution is 2.24. The van der Waals surface area contributed by atoms with E-state index in [-0.39, 0.29) is 17.4 Å². The van der Waals surface area contributed by atoms with Crippen LogP contribution in [0.4, 0.5) is 5.69 Å². The summed E-state index contributed by atoms with van der Waals surface area (Å²) in [7, 11) is -3.49. The van der Waals surface area contributed by atoms with E-state index in [4.69, 9.17) is 4.74 Å². The number of nitrogens with one attached hydrogen (secondary N) is 1. The number of rotatable bonds is 6. The van der Waals surface area contributed by atoms with Gasteiger partial charge in [-0.05, 0) is 69.0 Å². The van der Waals surface area contributed by atoms with Gasteiger partial charge in [0.15, 0.2) is 6.61 Å². The summed E-state index contributed by atoms with van der Waals surface area (Å²) >= 11 is 0. The molecule has 1 N–H and O–H groups in total. The molecule has 1 amide bonds. The third-order valence-electron chi connectivity index (χ3n) is 5.34. The van der Waals surface area contributed by atoms with Crippen LogP contribution in [0.3, 0.4) is 0 Å². The van der Waals surface area contributed by atoms with Crippen molar-refractivity contribution in [3.63, 3.8) is 0 Å². The summed E-state index contributed by atoms with van der Waals surface area (Å²) in [4.78, 5) is 12.6. The Morgan fingerprint density at radius 3 is 2.10 bits per heavy atom. The highest BCUT2D eigenvalue weighted by Gasteiger charge is 2.25. The molecule has 0 aliphatic carbocycles. The normalized spacial score (nSPS) is 15.4. The van der Waals surface area contributed by atoms with Crippen LogP contribution in [0.5, 0.6) is 5.75 Å². The van der Waals surface area contributed by atoms with E-state index >= 15 is 0 Å². The fraction of sp³-hybridized carbons (Fsp3) is 0.435. The van der Waals surface area contributed by atoms with Crippen molar-refractivity contribution in [3.05, 3.63) is 53.1 Å². The van der Waals surface area contributed by atoms with E-state index in [1.165, 1.54) is 0 Å². The molecule has 2 aromatic carbocycles. The molecule has 1 saturated heterocycles. The summed E-state index contributed by atoms with van der Waals surface area (Å²) in [6.45, 7) is 6.92. The minimum Gasteiger partial charge on any atom is -0.484 e. The summed E-state index contributed by atoms with van der Waals surface area (Å²) < 4.78 is 32.8. The molecule has 2 aromatic rings. The lowest BCUT2D eigenvalue weighted by atomic mass is 10.1. The molecule has 30 heavy (non-hydrogen) atoms. The van der Waals surface area contributed by atoms with Crippen molar-refractivity contribution >= 4 is 21.6 Å². The Balaban J connectivity index is 1.60. The van der Waals surface area contributed by atoms with Gasteiger partial charge in [0.05, 0.1) is 4.90 Å². The van der Waals surface area contributed by atoms with Gasteiger partial charge in [-0.2, -0.15) is 4.31 Å². The van der Waals surface area contributed by atoms with Gasteiger partial charge in [0.1, 0.15) is 5.75 Å². The van der Waals surface area contributed by atoms with Gasteiger partial charge in [0.25, 0.3) is 5.91 Å². The maximum atomic E-state index is 12.8. The zero-order chi connectivity index (χ0) is 21.7. The molecule has 0 unspecified atom stereocenters. The average molecular weight is 431 g/mol. The second-order valence-corrected chi connectivity index (χ2v) is 9.84. The first-order valence-corrected chi connectivity index (χ1v) is 11.8. The minimum absolute atomic E-state index is 0.148. The van der Waals surface area contributed by atoms with Crippen LogP contribution in [0.2, 0.25) is 0 Å². The highest BCUT2D eigenvalue weighted by molar-refractivity contribution is 7.89. The number of hydrogen-bond donors (Lipinski definition) is 1. The smallest absolute Gasteiger partial charge is 0.262 e. The van der Waals surface area contributed by atoms with E-state index in [2.05, 4.69) is 5.32 Å². The zero-order valence-electron chi connectivity index (χ0n) is 17.9. The molecule has 1 aliphatic heterocycles. The average Bonchev–Trinajstić information content (AvgIpc) is 2.99. The zero-order valence-corrected chi connectivity index (χ0v) is 18.7. The molecule has 0 saturated carbocycles. The van der Waals surface area contributed by atoms with Gasteiger partial charge in [-0.1, -0.05) is 30.5 Å². The molecule has 0 bridgehead atoms. The highest BCUT2D eigenvalue weighted by atomic mass is 32.2. The molecule has 0 atom stereocenters. The van der Waals surface area contributed by atoms with Crippen molar-refractivity contribution in [1.29, 1.82) is 0 Å². The molecule has 1 aliphatic rings. The van der Waals surface area contributed by atoms with Crippen LogP contribution < -0.4 is 10.1 Å². The van der Waals surface area contributed by atoms with E-state index in [1.54, 1.807) is 28.6 Å². The number of carbonyl (C=O) groups is 1. The predicted octanol–water partition coefficient (Wildman–Crippen LogP) is 4.19. The van der Waals surface area contributed by atoms with Crippen LogP contribution in [0.1, 0.15) is 42.4 Å². The third kappa shape index (κ3) is 5.40. The number of hydrogen-bond acceptors (Lipinski definition) is 4. The molecule has 1 fully saturated rings. The lowest BCUT2D eigenvalue weighted by Gasteiger charge is -2.20. The molecule has 0 radical (unpaired) electrons. The number of carbonyl (C=O) groups excluding carboxylic acids is 1. The van der Waals surface area contributed by atoms with Crippen LogP contribution in [0.15, 0.2) is 41.3 Å². The Kier molecular flexibility index (Phi) is 7.15. The van der Waals surface area contributed by atoms with Crippen LogP contribution in [0, 0.1) is 20.8 Å². The molecule has 6 nitrogen and oxygen atoms in total. The molecule has 162 valence electrons. The third-order valence-corrected chi connectivity index (χ3v) is 7.25. The first-order valence-electron chi connectivity index (χ1n) is 10.4. The van der Waals surface area contributed by atoms with E-state index in [1.807, 2.05) is 32.9 Å². The molecule has 3 rings (SSSR count). The summed E-state index contributed by atoms with van der Waals surface area (Å²) in [6, 6.07) is 10.3.